The van der Waals surface area contributed by atoms with E-state index in [1.165, 1.54) is 0 Å². The summed E-state index contributed by atoms with van der Waals surface area (Å²) in [5.74, 6) is 0.855. The molecule has 0 bridgehead atoms. The van der Waals surface area contributed by atoms with Gasteiger partial charge in [-0.05, 0) is 31.2 Å². The molecular weight excluding hydrogens is 324 g/mol. The van der Waals surface area contributed by atoms with Crippen LogP contribution >= 0.6 is 0 Å². The lowest BCUT2D eigenvalue weighted by Crippen LogP contribution is -3.00. The van der Waals surface area contributed by atoms with Crippen LogP contribution in [0.1, 0.15) is 23.0 Å². The number of rotatable bonds is 4. The van der Waals surface area contributed by atoms with Gasteiger partial charge in [-0.15, -0.1) is 0 Å². The molecule has 0 radical (unpaired) electrons. The van der Waals surface area contributed by atoms with Crippen LogP contribution in [0.3, 0.4) is 0 Å². The molecule has 0 unspecified atom stereocenters. The molecule has 3 rings (SSSR count). The molecule has 0 fully saturated rings. The van der Waals surface area contributed by atoms with Gasteiger partial charge in [-0.3, -0.25) is 4.79 Å². The number of pyridine rings is 1. The number of Topliss-reactive ketones (excluding diaryl/α,β-unsaturated/α-hetero) is 1. The van der Waals surface area contributed by atoms with Gasteiger partial charge in [0, 0.05) is 30.3 Å². The molecule has 4 nitrogen and oxygen atoms in total. The van der Waals surface area contributed by atoms with Crippen molar-refractivity contribution in [2.45, 2.75) is 13.8 Å². The van der Waals surface area contributed by atoms with Crippen LogP contribution in [0.2, 0.25) is 0 Å². The highest BCUT2D eigenvalue weighted by molar-refractivity contribution is 5.96. The third-order valence-corrected chi connectivity index (χ3v) is 3.76. The Labute approximate surface area is 147 Å². The van der Waals surface area contributed by atoms with Gasteiger partial charge in [-0.2, -0.15) is 0 Å². The highest BCUT2D eigenvalue weighted by Gasteiger charge is 2.11. The molecule has 0 amide bonds. The Morgan fingerprint density at radius 2 is 1.92 bits per heavy atom. The van der Waals surface area contributed by atoms with Gasteiger partial charge in [0.2, 0.25) is 5.52 Å². The van der Waals surface area contributed by atoms with Crippen LogP contribution in [-0.4, -0.2) is 12.9 Å². The van der Waals surface area contributed by atoms with Crippen LogP contribution in [0.5, 0.6) is 5.75 Å². The fourth-order valence-electron chi connectivity index (χ4n) is 2.60. The van der Waals surface area contributed by atoms with Gasteiger partial charge in [0.25, 0.3) is 0 Å². The summed E-state index contributed by atoms with van der Waals surface area (Å²) in [4.78, 5) is 14.9. The van der Waals surface area contributed by atoms with E-state index in [0.717, 1.165) is 33.7 Å². The molecule has 0 aliphatic heterocycles. The molecule has 0 aliphatic rings. The number of methoxy groups -OCH3 is 1. The Morgan fingerprint density at radius 3 is 2.62 bits per heavy atom. The summed E-state index contributed by atoms with van der Waals surface area (Å²) in [5, 5.41) is 4.44. The standard InChI is InChI=1S/C19H18N2O2.ClH/c1-12-9-19(17-11-16(23-3)7-8-18(17)20-12)21-15-6-4-5-14(10-15)13(2)22;/h4-11H,1-3H3,(H,20,21);1H. The molecule has 3 aromatic rings. The minimum Gasteiger partial charge on any atom is -1.00 e. The number of benzene rings is 2. The predicted molar refractivity (Wildman–Crippen MR) is 91.5 cm³/mol. The van der Waals surface area contributed by atoms with Gasteiger partial charge in [0.1, 0.15) is 5.75 Å². The van der Waals surface area contributed by atoms with E-state index >= 15 is 0 Å². The monoisotopic (exact) mass is 342 g/mol. The van der Waals surface area contributed by atoms with Crippen molar-refractivity contribution < 1.29 is 26.9 Å². The van der Waals surface area contributed by atoms with Crippen LogP contribution in [0, 0.1) is 6.92 Å². The number of nitrogens with one attached hydrogen (secondary N) is 2. The number of ether oxygens (including phenoxy) is 1. The third kappa shape index (κ3) is 3.66. The molecule has 0 atom stereocenters. The molecule has 1 heterocycles. The number of ketones is 1. The maximum absolute atomic E-state index is 11.6. The molecule has 0 aliphatic carbocycles. The van der Waals surface area contributed by atoms with Crippen LogP contribution in [0.15, 0.2) is 48.5 Å². The first-order valence-corrected chi connectivity index (χ1v) is 7.45. The largest absolute Gasteiger partial charge is 1.00 e. The van der Waals surface area contributed by atoms with Crippen molar-refractivity contribution in [3.8, 4) is 5.75 Å². The van der Waals surface area contributed by atoms with Crippen molar-refractivity contribution in [2.75, 3.05) is 12.4 Å². The molecule has 2 N–H and O–H groups in total. The van der Waals surface area contributed by atoms with Crippen LogP contribution < -0.4 is 27.4 Å². The summed E-state index contributed by atoms with van der Waals surface area (Å²) >= 11 is 0. The minimum atomic E-state index is 0. The maximum atomic E-state index is 11.6. The summed E-state index contributed by atoms with van der Waals surface area (Å²) in [5.41, 5.74) is 4.61. The fraction of sp³-hybridized carbons (Fsp3) is 0.158. The Bertz CT molecular complexity index is 894. The average molecular weight is 343 g/mol. The lowest BCUT2D eigenvalue weighted by molar-refractivity contribution is -0.354. The molecule has 0 spiro atoms. The first-order valence-electron chi connectivity index (χ1n) is 7.45. The van der Waals surface area contributed by atoms with E-state index in [1.54, 1.807) is 14.0 Å². The van der Waals surface area contributed by atoms with E-state index in [-0.39, 0.29) is 18.2 Å². The molecule has 124 valence electrons. The van der Waals surface area contributed by atoms with E-state index in [9.17, 15) is 4.79 Å². The fourth-order valence-corrected chi connectivity index (χ4v) is 2.60. The number of carbonyl (C=O) groups is 1. The van der Waals surface area contributed by atoms with E-state index in [0.29, 0.717) is 5.56 Å². The second-order valence-electron chi connectivity index (χ2n) is 5.54. The molecule has 1 aromatic heterocycles. The highest BCUT2D eigenvalue weighted by atomic mass is 35.5. The number of halogens is 1. The third-order valence-electron chi connectivity index (χ3n) is 3.76. The zero-order chi connectivity index (χ0) is 16.4. The summed E-state index contributed by atoms with van der Waals surface area (Å²) in [6, 6.07) is 15.5. The van der Waals surface area contributed by atoms with Gasteiger partial charge < -0.3 is 22.5 Å². The van der Waals surface area contributed by atoms with E-state index < -0.39 is 0 Å². The first-order chi connectivity index (χ1) is 11.1. The Morgan fingerprint density at radius 1 is 1.12 bits per heavy atom. The van der Waals surface area contributed by atoms with E-state index in [4.69, 9.17) is 4.74 Å². The average Bonchev–Trinajstić information content (AvgIpc) is 2.54. The Balaban J connectivity index is 0.00000208. The quantitative estimate of drug-likeness (QED) is 0.717. The zero-order valence-electron chi connectivity index (χ0n) is 13.8. The second-order valence-corrected chi connectivity index (χ2v) is 5.54. The van der Waals surface area contributed by atoms with Crippen molar-refractivity contribution in [1.29, 1.82) is 0 Å². The number of aromatic amines is 1. The minimum absolute atomic E-state index is 0. The van der Waals surface area contributed by atoms with Gasteiger partial charge >= 0.3 is 0 Å². The number of aryl methyl sites for hydroxylation is 1. The first kappa shape index (κ1) is 17.8. The number of H-pyrrole nitrogens is 1. The summed E-state index contributed by atoms with van der Waals surface area (Å²) in [6.07, 6.45) is 0. The SMILES string of the molecule is COc1ccc2[nH+]c(C)cc(Nc3cccc(C(C)=O)c3)c2c1.[Cl-]. The number of anilines is 2. The molecule has 5 heteroatoms. The van der Waals surface area contributed by atoms with Crippen LogP contribution in [0.25, 0.3) is 10.9 Å². The highest BCUT2D eigenvalue weighted by Crippen LogP contribution is 2.28. The molecule has 24 heavy (non-hydrogen) atoms. The number of hydrogen-bond donors (Lipinski definition) is 1. The summed E-state index contributed by atoms with van der Waals surface area (Å²) < 4.78 is 5.32. The maximum Gasteiger partial charge on any atom is 0.213 e. The summed E-state index contributed by atoms with van der Waals surface area (Å²) in [7, 11) is 1.66. The molecule has 0 saturated carbocycles. The predicted octanol–water partition coefficient (Wildman–Crippen LogP) is 0.921. The van der Waals surface area contributed by atoms with Crippen LogP contribution in [-0.2, 0) is 0 Å². The number of fused-ring (bicyclic) bond motifs is 1. The second kappa shape index (κ2) is 7.32. The molecule has 2 aromatic carbocycles. The topological polar surface area (TPSA) is 52.5 Å². The molecular formula is C19H19ClN2O2. The van der Waals surface area contributed by atoms with Gasteiger partial charge in [-0.25, -0.2) is 4.98 Å². The lowest BCUT2D eigenvalue weighted by Gasteiger charge is -2.10. The van der Waals surface area contributed by atoms with Crippen molar-refractivity contribution >= 4 is 28.1 Å². The van der Waals surface area contributed by atoms with Gasteiger partial charge in [0.05, 0.1) is 18.2 Å². The van der Waals surface area contributed by atoms with E-state index in [1.807, 2.05) is 55.5 Å². The van der Waals surface area contributed by atoms with Crippen molar-refractivity contribution in [3.05, 3.63) is 59.8 Å². The van der Waals surface area contributed by atoms with E-state index in [2.05, 4.69) is 10.3 Å². The van der Waals surface area contributed by atoms with Crippen LogP contribution in [0.4, 0.5) is 11.4 Å². The van der Waals surface area contributed by atoms with Crippen molar-refractivity contribution in [1.82, 2.24) is 0 Å². The number of carbonyl (C=O) groups excluding carboxylic acids is 1. The number of hydrogen-bond acceptors (Lipinski definition) is 3. The smallest absolute Gasteiger partial charge is 0.213 e. The van der Waals surface area contributed by atoms with Gasteiger partial charge in [0.15, 0.2) is 11.5 Å². The van der Waals surface area contributed by atoms with Crippen molar-refractivity contribution in [3.63, 3.8) is 0 Å². The van der Waals surface area contributed by atoms with Gasteiger partial charge in [-0.1, -0.05) is 12.1 Å². The Kier molecular flexibility index (Phi) is 5.42. The number of aromatic nitrogens is 1. The zero-order valence-corrected chi connectivity index (χ0v) is 14.6. The molecule has 0 saturated heterocycles. The van der Waals surface area contributed by atoms with Crippen molar-refractivity contribution in [2.24, 2.45) is 0 Å². The summed E-state index contributed by atoms with van der Waals surface area (Å²) in [6.45, 7) is 3.59. The normalized spacial score (nSPS) is 10.1. The Hall–Kier alpha value is -2.59. The lowest BCUT2D eigenvalue weighted by atomic mass is 10.1.